The first-order chi connectivity index (χ1) is 7.50. The summed E-state index contributed by atoms with van der Waals surface area (Å²) >= 11 is 1.46. The van der Waals surface area contributed by atoms with Gasteiger partial charge in [-0.25, -0.2) is 18.5 Å². The second kappa shape index (κ2) is 3.97. The molecular formula is C10H10N2O2S2. The van der Waals surface area contributed by atoms with Crippen molar-refractivity contribution in [2.45, 2.75) is 11.8 Å². The van der Waals surface area contributed by atoms with E-state index in [1.54, 1.807) is 18.5 Å². The van der Waals surface area contributed by atoms with E-state index in [1.165, 1.54) is 17.4 Å². The van der Waals surface area contributed by atoms with Gasteiger partial charge in [-0.3, -0.25) is 0 Å². The van der Waals surface area contributed by atoms with Crippen molar-refractivity contribution in [3.63, 3.8) is 0 Å². The minimum atomic E-state index is -3.67. The summed E-state index contributed by atoms with van der Waals surface area (Å²) in [5.41, 5.74) is 3.91. The van der Waals surface area contributed by atoms with Crippen molar-refractivity contribution >= 4 is 21.4 Å². The van der Waals surface area contributed by atoms with Crippen LogP contribution in [0.4, 0.5) is 0 Å². The maximum Gasteiger partial charge on any atom is 0.238 e. The lowest BCUT2D eigenvalue weighted by molar-refractivity contribution is 0.597. The molecule has 0 aliphatic carbocycles. The number of rotatable bonds is 2. The molecule has 2 N–H and O–H groups in total. The number of nitrogens with zero attached hydrogens (tertiary/aromatic N) is 1. The van der Waals surface area contributed by atoms with Gasteiger partial charge in [0.15, 0.2) is 0 Å². The largest absolute Gasteiger partial charge is 0.245 e. The second-order valence-electron chi connectivity index (χ2n) is 3.35. The summed E-state index contributed by atoms with van der Waals surface area (Å²) in [4.78, 5) is 4.30. The van der Waals surface area contributed by atoms with Gasteiger partial charge in [0.25, 0.3) is 0 Å². The van der Waals surface area contributed by atoms with Gasteiger partial charge in [0.05, 0.1) is 16.1 Å². The number of hydrogen-bond donors (Lipinski definition) is 1. The van der Waals surface area contributed by atoms with Gasteiger partial charge >= 0.3 is 0 Å². The Hall–Kier alpha value is -1.24. The summed E-state index contributed by atoms with van der Waals surface area (Å²) in [6.07, 6.45) is 0. The van der Waals surface area contributed by atoms with E-state index in [2.05, 4.69) is 4.98 Å². The van der Waals surface area contributed by atoms with Crippen LogP contribution in [0.5, 0.6) is 0 Å². The van der Waals surface area contributed by atoms with Crippen LogP contribution >= 0.6 is 11.3 Å². The molecule has 0 atom stereocenters. The Balaban J connectivity index is 2.67. The minimum Gasteiger partial charge on any atom is -0.245 e. The fourth-order valence-corrected chi connectivity index (χ4v) is 2.90. The molecule has 0 unspecified atom stereocenters. The number of aromatic nitrogens is 1. The van der Waals surface area contributed by atoms with Crippen molar-refractivity contribution in [2.24, 2.45) is 5.14 Å². The first kappa shape index (κ1) is 11.3. The first-order valence-corrected chi connectivity index (χ1v) is 7.00. The number of hydrogen-bond acceptors (Lipinski definition) is 4. The summed E-state index contributed by atoms with van der Waals surface area (Å²) in [7, 11) is -3.67. The van der Waals surface area contributed by atoms with E-state index >= 15 is 0 Å². The molecule has 0 saturated carbocycles. The third kappa shape index (κ3) is 1.99. The van der Waals surface area contributed by atoms with Crippen molar-refractivity contribution in [3.05, 3.63) is 34.7 Å². The molecule has 2 aromatic rings. The van der Waals surface area contributed by atoms with Gasteiger partial charge in [-0.2, -0.15) is 0 Å². The third-order valence-electron chi connectivity index (χ3n) is 2.30. The highest BCUT2D eigenvalue weighted by Crippen LogP contribution is 2.27. The van der Waals surface area contributed by atoms with E-state index in [4.69, 9.17) is 5.14 Å². The van der Waals surface area contributed by atoms with Crippen molar-refractivity contribution in [1.82, 2.24) is 4.98 Å². The highest BCUT2D eigenvalue weighted by Gasteiger charge is 2.15. The number of thiazole rings is 1. The Bertz CT molecular complexity index is 604. The molecule has 0 aliphatic rings. The molecule has 0 bridgehead atoms. The van der Waals surface area contributed by atoms with Crippen LogP contribution in [0.3, 0.4) is 0 Å². The summed E-state index contributed by atoms with van der Waals surface area (Å²) in [6.45, 7) is 1.73. The number of nitrogens with two attached hydrogens (primary N) is 1. The molecule has 4 nitrogen and oxygen atoms in total. The van der Waals surface area contributed by atoms with Crippen molar-refractivity contribution in [3.8, 4) is 11.3 Å². The van der Waals surface area contributed by atoms with Crippen molar-refractivity contribution < 1.29 is 8.42 Å². The molecule has 0 spiro atoms. The van der Waals surface area contributed by atoms with Gasteiger partial charge in [0, 0.05) is 10.9 Å². The lowest BCUT2D eigenvalue weighted by Crippen LogP contribution is -2.13. The highest BCUT2D eigenvalue weighted by molar-refractivity contribution is 7.89. The SMILES string of the molecule is Cc1c(-c2cscn2)cccc1S(N)(=O)=O. The Morgan fingerprint density at radius 2 is 2.12 bits per heavy atom. The lowest BCUT2D eigenvalue weighted by atomic mass is 10.1. The number of primary sulfonamides is 1. The molecule has 1 heterocycles. The Morgan fingerprint density at radius 3 is 2.69 bits per heavy atom. The normalized spacial score (nSPS) is 11.6. The number of sulfonamides is 1. The molecule has 0 amide bonds. The van der Waals surface area contributed by atoms with Crippen LogP contribution in [0.15, 0.2) is 34.0 Å². The van der Waals surface area contributed by atoms with Gasteiger partial charge in [-0.1, -0.05) is 12.1 Å². The lowest BCUT2D eigenvalue weighted by Gasteiger charge is -2.07. The monoisotopic (exact) mass is 254 g/mol. The summed E-state index contributed by atoms with van der Waals surface area (Å²) in [5, 5.41) is 7.00. The molecule has 1 aromatic heterocycles. The molecular weight excluding hydrogens is 244 g/mol. The van der Waals surface area contributed by atoms with Crippen LogP contribution in [-0.2, 0) is 10.0 Å². The maximum absolute atomic E-state index is 11.3. The molecule has 84 valence electrons. The summed E-state index contributed by atoms with van der Waals surface area (Å²) in [5.74, 6) is 0. The third-order valence-corrected chi connectivity index (χ3v) is 3.94. The molecule has 16 heavy (non-hydrogen) atoms. The van der Waals surface area contributed by atoms with E-state index < -0.39 is 10.0 Å². The predicted octanol–water partition coefficient (Wildman–Crippen LogP) is 1.77. The van der Waals surface area contributed by atoms with E-state index in [0.29, 0.717) is 5.56 Å². The molecule has 6 heteroatoms. The highest BCUT2D eigenvalue weighted by atomic mass is 32.2. The van der Waals surface area contributed by atoms with Crippen molar-refractivity contribution in [1.29, 1.82) is 0 Å². The minimum absolute atomic E-state index is 0.151. The van der Waals surface area contributed by atoms with Gasteiger partial charge in [0.1, 0.15) is 0 Å². The van der Waals surface area contributed by atoms with Crippen LogP contribution in [0, 0.1) is 6.92 Å². The van der Waals surface area contributed by atoms with E-state index in [-0.39, 0.29) is 4.90 Å². The maximum atomic E-state index is 11.3. The number of benzene rings is 1. The Kier molecular flexibility index (Phi) is 2.79. The first-order valence-electron chi connectivity index (χ1n) is 4.51. The standard InChI is InChI=1S/C10H10N2O2S2/c1-7-8(9-5-15-6-12-9)3-2-4-10(7)16(11,13)14/h2-6H,1H3,(H2,11,13,14). The zero-order valence-electron chi connectivity index (χ0n) is 8.54. The van der Waals surface area contributed by atoms with Gasteiger partial charge in [-0.05, 0) is 18.6 Å². The fraction of sp³-hybridized carbons (Fsp3) is 0.100. The molecule has 0 radical (unpaired) electrons. The summed E-state index contributed by atoms with van der Waals surface area (Å²) in [6, 6.07) is 5.00. The smallest absolute Gasteiger partial charge is 0.238 e. The second-order valence-corrected chi connectivity index (χ2v) is 5.60. The zero-order valence-corrected chi connectivity index (χ0v) is 10.2. The van der Waals surface area contributed by atoms with Gasteiger partial charge in [0.2, 0.25) is 10.0 Å². The summed E-state index contributed by atoms with van der Waals surface area (Å²) < 4.78 is 22.7. The molecule has 1 aromatic carbocycles. The molecule has 0 aliphatic heterocycles. The van der Waals surface area contributed by atoms with Crippen LogP contribution in [0.1, 0.15) is 5.56 Å². The molecule has 0 fully saturated rings. The van der Waals surface area contributed by atoms with E-state index in [1.807, 2.05) is 11.4 Å². The predicted molar refractivity (Wildman–Crippen MR) is 63.7 cm³/mol. The quantitative estimate of drug-likeness (QED) is 0.887. The van der Waals surface area contributed by atoms with Crippen LogP contribution in [0.25, 0.3) is 11.3 Å². The van der Waals surface area contributed by atoms with Crippen LogP contribution in [-0.4, -0.2) is 13.4 Å². The fourth-order valence-electron chi connectivity index (χ4n) is 1.55. The van der Waals surface area contributed by atoms with Crippen LogP contribution in [0.2, 0.25) is 0 Å². The van der Waals surface area contributed by atoms with Crippen molar-refractivity contribution in [2.75, 3.05) is 0 Å². The Labute approximate surface area is 97.8 Å². The average molecular weight is 254 g/mol. The molecule has 0 saturated heterocycles. The average Bonchev–Trinajstić information content (AvgIpc) is 2.69. The van der Waals surface area contributed by atoms with Gasteiger partial charge in [-0.15, -0.1) is 11.3 Å². The zero-order chi connectivity index (χ0) is 11.8. The van der Waals surface area contributed by atoms with Crippen LogP contribution < -0.4 is 5.14 Å². The van der Waals surface area contributed by atoms with E-state index in [9.17, 15) is 8.42 Å². The topological polar surface area (TPSA) is 73.0 Å². The van der Waals surface area contributed by atoms with Gasteiger partial charge < -0.3 is 0 Å². The molecule has 2 rings (SSSR count). The van der Waals surface area contributed by atoms with E-state index in [0.717, 1.165) is 11.3 Å². The Morgan fingerprint density at radius 1 is 1.38 bits per heavy atom.